The summed E-state index contributed by atoms with van der Waals surface area (Å²) in [4.78, 5) is 45.7. The molecule has 214 valence electrons. The van der Waals surface area contributed by atoms with E-state index in [0.717, 1.165) is 27.8 Å². The molecule has 2 N–H and O–H groups in total. The summed E-state index contributed by atoms with van der Waals surface area (Å²) in [5.74, 6) is -0.0659. The van der Waals surface area contributed by atoms with Crippen LogP contribution in [0.1, 0.15) is 54.7 Å². The summed E-state index contributed by atoms with van der Waals surface area (Å²) in [6, 6.07) is 17.3. The molecule has 1 aliphatic heterocycles. The van der Waals surface area contributed by atoms with Crippen LogP contribution < -0.4 is 10.6 Å². The largest absolute Gasteiger partial charge is 0.377 e. The fourth-order valence-corrected chi connectivity index (χ4v) is 5.79. The van der Waals surface area contributed by atoms with Gasteiger partial charge in [0, 0.05) is 38.2 Å². The van der Waals surface area contributed by atoms with E-state index >= 15 is 0 Å². The van der Waals surface area contributed by atoms with Crippen molar-refractivity contribution in [3.05, 3.63) is 88.6 Å². The lowest BCUT2D eigenvalue weighted by molar-refractivity contribution is -0.153. The van der Waals surface area contributed by atoms with Gasteiger partial charge in [-0.15, -0.1) is 0 Å². The van der Waals surface area contributed by atoms with Crippen LogP contribution in [0.5, 0.6) is 0 Å². The molecule has 0 saturated carbocycles. The van der Waals surface area contributed by atoms with E-state index in [9.17, 15) is 14.4 Å². The molecule has 2 aliphatic rings. The Morgan fingerprint density at radius 2 is 1.85 bits per heavy atom. The van der Waals surface area contributed by atoms with Gasteiger partial charge in [-0.05, 0) is 74.1 Å². The minimum atomic E-state index is -1.11. The molecule has 2 atom stereocenters. The van der Waals surface area contributed by atoms with E-state index in [1.807, 2.05) is 61.5 Å². The molecule has 3 amide bonds. The molecule has 9 heteroatoms. The van der Waals surface area contributed by atoms with E-state index in [0.29, 0.717) is 24.3 Å². The number of aromatic nitrogens is 1. The first-order chi connectivity index (χ1) is 19.6. The highest BCUT2D eigenvalue weighted by molar-refractivity contribution is 6.06. The number of fused-ring (bicyclic) bond motifs is 3. The van der Waals surface area contributed by atoms with Gasteiger partial charge in [0.15, 0.2) is 0 Å². The fourth-order valence-electron chi connectivity index (χ4n) is 5.79. The number of nitrogens with zero attached hydrogens (tertiary/aromatic N) is 2. The van der Waals surface area contributed by atoms with E-state index in [2.05, 4.69) is 15.6 Å². The van der Waals surface area contributed by atoms with Gasteiger partial charge in [-0.3, -0.25) is 14.4 Å². The minimum absolute atomic E-state index is 0.0500. The van der Waals surface area contributed by atoms with Crippen LogP contribution in [0, 0.1) is 0 Å². The summed E-state index contributed by atoms with van der Waals surface area (Å²) < 4.78 is 11.0. The van der Waals surface area contributed by atoms with E-state index in [1.165, 1.54) is 12.0 Å². The maximum atomic E-state index is 13.5. The summed E-state index contributed by atoms with van der Waals surface area (Å²) >= 11 is 0. The number of anilines is 2. The first-order valence-electron chi connectivity index (χ1n) is 13.7. The van der Waals surface area contributed by atoms with Gasteiger partial charge in [-0.2, -0.15) is 0 Å². The Balaban J connectivity index is 1.34. The number of carbonyl (C=O) groups excluding carboxylic acids is 3. The molecule has 2 unspecified atom stereocenters. The summed E-state index contributed by atoms with van der Waals surface area (Å²) in [7, 11) is 3.12. The van der Waals surface area contributed by atoms with Gasteiger partial charge in [0.05, 0.1) is 11.5 Å². The van der Waals surface area contributed by atoms with Crippen LogP contribution >= 0.6 is 0 Å². The second-order valence-corrected chi connectivity index (χ2v) is 11.3. The summed E-state index contributed by atoms with van der Waals surface area (Å²) in [6.45, 7) is 5.38. The normalized spacial score (nSPS) is 18.0. The molecular formula is C32H36N4O5. The third-order valence-electron chi connectivity index (χ3n) is 8.32. The molecule has 5 rings (SSSR count). The maximum absolute atomic E-state index is 13.5. The molecule has 41 heavy (non-hydrogen) atoms. The van der Waals surface area contributed by atoms with Gasteiger partial charge < -0.3 is 25.0 Å². The lowest BCUT2D eigenvalue weighted by atomic mass is 9.79. The Morgan fingerprint density at radius 3 is 2.61 bits per heavy atom. The first-order valence-corrected chi connectivity index (χ1v) is 13.7. The number of rotatable bonds is 9. The maximum Gasteiger partial charge on any atom is 0.254 e. The number of methoxy groups -OCH3 is 2. The number of ether oxygens (including phenoxy) is 2. The third-order valence-corrected chi connectivity index (χ3v) is 8.32. The predicted octanol–water partition coefficient (Wildman–Crippen LogP) is 4.17. The number of carbonyl (C=O) groups is 3. The van der Waals surface area contributed by atoms with Gasteiger partial charge in [0.1, 0.15) is 18.0 Å². The van der Waals surface area contributed by atoms with Crippen molar-refractivity contribution in [3.63, 3.8) is 0 Å². The van der Waals surface area contributed by atoms with Crippen molar-refractivity contribution < 1.29 is 23.9 Å². The molecule has 0 fully saturated rings. The summed E-state index contributed by atoms with van der Waals surface area (Å²) in [5.41, 5.74) is 3.63. The molecule has 3 aromatic rings. The number of hydrogen-bond donors (Lipinski definition) is 2. The van der Waals surface area contributed by atoms with Crippen molar-refractivity contribution in [2.45, 2.75) is 57.3 Å². The zero-order chi connectivity index (χ0) is 29.4. The van der Waals surface area contributed by atoms with Crippen LogP contribution in [0.3, 0.4) is 0 Å². The third kappa shape index (κ3) is 5.35. The molecule has 1 aliphatic carbocycles. The zero-order valence-electron chi connectivity index (χ0n) is 24.1. The van der Waals surface area contributed by atoms with E-state index in [4.69, 9.17) is 9.47 Å². The van der Waals surface area contributed by atoms with E-state index in [-0.39, 0.29) is 36.9 Å². The van der Waals surface area contributed by atoms with Crippen LogP contribution in [0.2, 0.25) is 0 Å². The number of benzene rings is 2. The molecule has 0 saturated heterocycles. The molecule has 0 radical (unpaired) electrons. The Labute approximate surface area is 240 Å². The second kappa shape index (κ2) is 11.1. The SMILES string of the molecule is COC(C)c1ccccc1CN(CC(=O)Nc1ccc2c(c1)CC1(C2)C(=O)Nc2ncccc21)C(=O)C(C)(C)OC. The number of pyridine rings is 1. The lowest BCUT2D eigenvalue weighted by Gasteiger charge is -2.31. The first kappa shape index (κ1) is 28.4. The molecule has 1 spiro atoms. The van der Waals surface area contributed by atoms with E-state index in [1.54, 1.807) is 27.2 Å². The Bertz CT molecular complexity index is 1500. The molecule has 9 nitrogen and oxygen atoms in total. The number of nitrogens with one attached hydrogen (secondary N) is 2. The fraction of sp³-hybridized carbons (Fsp3) is 0.375. The highest BCUT2D eigenvalue weighted by atomic mass is 16.5. The van der Waals surface area contributed by atoms with Crippen molar-refractivity contribution in [2.24, 2.45) is 0 Å². The van der Waals surface area contributed by atoms with Gasteiger partial charge in [0.25, 0.3) is 5.91 Å². The number of hydrogen-bond acceptors (Lipinski definition) is 6. The monoisotopic (exact) mass is 556 g/mol. The minimum Gasteiger partial charge on any atom is -0.377 e. The summed E-state index contributed by atoms with van der Waals surface area (Å²) in [6.07, 6.45) is 2.60. The smallest absolute Gasteiger partial charge is 0.254 e. The average molecular weight is 557 g/mol. The van der Waals surface area contributed by atoms with Crippen LogP contribution in [-0.4, -0.2) is 54.0 Å². The highest BCUT2D eigenvalue weighted by Crippen LogP contribution is 2.46. The number of amides is 3. The van der Waals surface area contributed by atoms with Crippen molar-refractivity contribution in [3.8, 4) is 0 Å². The van der Waals surface area contributed by atoms with Gasteiger partial charge in [-0.25, -0.2) is 4.98 Å². The second-order valence-electron chi connectivity index (χ2n) is 11.3. The highest BCUT2D eigenvalue weighted by Gasteiger charge is 2.51. The van der Waals surface area contributed by atoms with Crippen LogP contribution in [-0.2, 0) is 48.7 Å². The van der Waals surface area contributed by atoms with Crippen molar-refractivity contribution in [1.82, 2.24) is 9.88 Å². The Kier molecular flexibility index (Phi) is 7.68. The van der Waals surface area contributed by atoms with Gasteiger partial charge in [0.2, 0.25) is 11.8 Å². The van der Waals surface area contributed by atoms with Crippen LogP contribution in [0.25, 0.3) is 0 Å². The standard InChI is InChI=1S/C32H36N4O5/c1-20(40-4)25-10-7-6-9-22(25)18-36(30(39)31(2,3)41-5)19-27(37)34-24-13-12-21-16-32(17-23(21)15-24)26-11-8-14-33-28(26)35-29(32)38/h6-15,20H,16-19H2,1-5H3,(H,34,37)(H,33,35,38). The summed E-state index contributed by atoms with van der Waals surface area (Å²) in [5, 5.41) is 5.88. The predicted molar refractivity (Wildman–Crippen MR) is 155 cm³/mol. The molecule has 2 aromatic carbocycles. The lowest BCUT2D eigenvalue weighted by Crippen LogP contribution is -2.48. The van der Waals surface area contributed by atoms with Crippen molar-refractivity contribution in [1.29, 1.82) is 0 Å². The Hall–Kier alpha value is -4.08. The molecule has 1 aromatic heterocycles. The molecular weight excluding hydrogens is 520 g/mol. The van der Waals surface area contributed by atoms with Crippen LogP contribution in [0.15, 0.2) is 60.8 Å². The molecule has 0 bridgehead atoms. The Morgan fingerprint density at radius 1 is 1.10 bits per heavy atom. The quantitative estimate of drug-likeness (QED) is 0.410. The van der Waals surface area contributed by atoms with Crippen molar-refractivity contribution >= 4 is 29.2 Å². The van der Waals surface area contributed by atoms with Crippen LogP contribution in [0.4, 0.5) is 11.5 Å². The van der Waals surface area contributed by atoms with E-state index < -0.39 is 11.0 Å². The van der Waals surface area contributed by atoms with Gasteiger partial charge >= 0.3 is 0 Å². The topological polar surface area (TPSA) is 110 Å². The van der Waals surface area contributed by atoms with Crippen molar-refractivity contribution in [2.75, 3.05) is 31.4 Å². The zero-order valence-corrected chi connectivity index (χ0v) is 24.1. The average Bonchev–Trinajstić information content (AvgIpc) is 3.48. The van der Waals surface area contributed by atoms with Gasteiger partial charge in [-0.1, -0.05) is 36.4 Å². The molecule has 2 heterocycles.